The summed E-state index contributed by atoms with van der Waals surface area (Å²) in [5.41, 5.74) is 1.52. The molecule has 0 aromatic heterocycles. The molecule has 1 unspecified atom stereocenters. The second kappa shape index (κ2) is 7.44. The molecule has 1 N–H and O–H groups in total. The highest BCUT2D eigenvalue weighted by Crippen LogP contribution is 2.31. The zero-order chi connectivity index (χ0) is 17.8. The number of nitrogens with one attached hydrogen (secondary N) is 1. The van der Waals surface area contributed by atoms with Gasteiger partial charge in [-0.3, -0.25) is 4.79 Å². The molecule has 1 amide bonds. The van der Waals surface area contributed by atoms with Crippen LogP contribution in [0.1, 0.15) is 5.56 Å². The van der Waals surface area contributed by atoms with Crippen molar-refractivity contribution in [3.63, 3.8) is 0 Å². The first kappa shape index (κ1) is 17.1. The van der Waals surface area contributed by atoms with Gasteiger partial charge in [-0.25, -0.2) is 4.79 Å². The molecule has 7 heteroatoms. The van der Waals surface area contributed by atoms with E-state index in [1.54, 1.807) is 42.5 Å². The molecule has 1 aliphatic heterocycles. The average Bonchev–Trinajstić information content (AvgIpc) is 3.04. The van der Waals surface area contributed by atoms with E-state index in [0.717, 1.165) is 5.56 Å². The molecule has 0 aliphatic carbocycles. The molecule has 130 valence electrons. The van der Waals surface area contributed by atoms with E-state index in [9.17, 15) is 9.59 Å². The van der Waals surface area contributed by atoms with Crippen molar-refractivity contribution in [2.24, 2.45) is 0 Å². The molecule has 0 saturated carbocycles. The Morgan fingerprint density at radius 2 is 2.00 bits per heavy atom. The van der Waals surface area contributed by atoms with E-state index in [0.29, 0.717) is 28.6 Å². The Balaban J connectivity index is 1.56. The van der Waals surface area contributed by atoms with Gasteiger partial charge in [0.15, 0.2) is 12.7 Å². The van der Waals surface area contributed by atoms with Crippen LogP contribution in [0.15, 0.2) is 42.5 Å². The minimum atomic E-state index is -0.594. The maximum absolute atomic E-state index is 12.3. The van der Waals surface area contributed by atoms with Crippen LogP contribution in [-0.4, -0.2) is 31.7 Å². The summed E-state index contributed by atoms with van der Waals surface area (Å²) >= 11 is 5.95. The quantitative estimate of drug-likeness (QED) is 0.829. The Bertz CT molecular complexity index is 791. The fourth-order valence-corrected chi connectivity index (χ4v) is 2.62. The second-order valence-electron chi connectivity index (χ2n) is 5.44. The van der Waals surface area contributed by atoms with Crippen LogP contribution in [0.25, 0.3) is 0 Å². The summed E-state index contributed by atoms with van der Waals surface area (Å²) in [5.74, 6) is 0.477. The highest BCUT2D eigenvalue weighted by atomic mass is 35.5. The molecule has 6 nitrogen and oxygen atoms in total. The van der Waals surface area contributed by atoms with Crippen LogP contribution in [0.3, 0.4) is 0 Å². The lowest BCUT2D eigenvalue weighted by molar-refractivity contribution is -0.142. The summed E-state index contributed by atoms with van der Waals surface area (Å²) in [6, 6.07) is 12.0. The molecule has 0 fully saturated rings. The van der Waals surface area contributed by atoms with Gasteiger partial charge in [0.1, 0.15) is 11.5 Å². The van der Waals surface area contributed by atoms with Gasteiger partial charge in [-0.2, -0.15) is 0 Å². The van der Waals surface area contributed by atoms with Crippen molar-refractivity contribution < 1.29 is 23.8 Å². The Morgan fingerprint density at radius 3 is 2.72 bits per heavy atom. The van der Waals surface area contributed by atoms with E-state index in [1.807, 2.05) is 0 Å². The Kier molecular flexibility index (Phi) is 5.09. The van der Waals surface area contributed by atoms with Gasteiger partial charge in [-0.05, 0) is 48.0 Å². The van der Waals surface area contributed by atoms with Gasteiger partial charge in [0.25, 0.3) is 5.91 Å². The third-order valence-corrected chi connectivity index (χ3v) is 3.93. The fraction of sp³-hybridized carbons (Fsp3) is 0.222. The van der Waals surface area contributed by atoms with E-state index in [2.05, 4.69) is 10.1 Å². The van der Waals surface area contributed by atoms with Crippen LogP contribution in [0.4, 0.5) is 5.69 Å². The first-order valence-electron chi connectivity index (χ1n) is 7.61. The molecule has 1 atom stereocenters. The predicted molar refractivity (Wildman–Crippen MR) is 92.2 cm³/mol. The number of ether oxygens (including phenoxy) is 3. The number of benzene rings is 2. The summed E-state index contributed by atoms with van der Waals surface area (Å²) in [6.07, 6.45) is -0.120. The molecule has 0 radical (unpaired) electrons. The van der Waals surface area contributed by atoms with Crippen LogP contribution in [-0.2, 0) is 20.7 Å². The van der Waals surface area contributed by atoms with Gasteiger partial charge in [0.2, 0.25) is 0 Å². The first-order valence-corrected chi connectivity index (χ1v) is 7.98. The van der Waals surface area contributed by atoms with Crippen molar-refractivity contribution in [3.05, 3.63) is 53.1 Å². The number of methoxy groups -OCH3 is 1. The van der Waals surface area contributed by atoms with Crippen LogP contribution >= 0.6 is 11.6 Å². The maximum Gasteiger partial charge on any atom is 0.343 e. The SMILES string of the molecule is COC(=O)COc1ccc(NC(=O)C2Cc3cc(Cl)ccc3O2)cc1. The molecule has 2 aromatic rings. The number of carbonyl (C=O) groups excluding carboxylic acids is 2. The summed E-state index contributed by atoms with van der Waals surface area (Å²) in [7, 11) is 1.29. The Morgan fingerprint density at radius 1 is 1.24 bits per heavy atom. The van der Waals surface area contributed by atoms with Crippen molar-refractivity contribution in [1.29, 1.82) is 0 Å². The number of fused-ring (bicyclic) bond motifs is 1. The second-order valence-corrected chi connectivity index (χ2v) is 5.88. The number of hydrogen-bond acceptors (Lipinski definition) is 5. The largest absolute Gasteiger partial charge is 0.482 e. The monoisotopic (exact) mass is 361 g/mol. The molecule has 1 heterocycles. The van der Waals surface area contributed by atoms with E-state index in [1.165, 1.54) is 7.11 Å². The van der Waals surface area contributed by atoms with Gasteiger partial charge in [-0.15, -0.1) is 0 Å². The lowest BCUT2D eigenvalue weighted by Crippen LogP contribution is -2.31. The molecular formula is C18H16ClNO5. The summed E-state index contributed by atoms with van der Waals surface area (Å²) in [6.45, 7) is -0.168. The van der Waals surface area contributed by atoms with Crippen molar-refractivity contribution in [1.82, 2.24) is 0 Å². The minimum Gasteiger partial charge on any atom is -0.482 e. The third-order valence-electron chi connectivity index (χ3n) is 3.70. The lowest BCUT2D eigenvalue weighted by Gasteiger charge is -2.12. The number of hydrogen-bond donors (Lipinski definition) is 1. The number of esters is 1. The number of amides is 1. The Labute approximate surface area is 149 Å². The maximum atomic E-state index is 12.3. The summed E-state index contributed by atoms with van der Waals surface area (Å²) < 4.78 is 15.4. The Hall–Kier alpha value is -2.73. The van der Waals surface area contributed by atoms with Crippen LogP contribution < -0.4 is 14.8 Å². The first-order chi connectivity index (χ1) is 12.0. The van der Waals surface area contributed by atoms with Gasteiger partial charge in [0.05, 0.1) is 7.11 Å². The fourth-order valence-electron chi connectivity index (χ4n) is 2.42. The summed E-state index contributed by atoms with van der Waals surface area (Å²) in [5, 5.41) is 3.41. The average molecular weight is 362 g/mol. The highest BCUT2D eigenvalue weighted by Gasteiger charge is 2.29. The smallest absolute Gasteiger partial charge is 0.343 e. The highest BCUT2D eigenvalue weighted by molar-refractivity contribution is 6.30. The molecule has 1 aliphatic rings. The van der Waals surface area contributed by atoms with Gasteiger partial charge >= 0.3 is 5.97 Å². The van der Waals surface area contributed by atoms with Crippen molar-refractivity contribution in [3.8, 4) is 11.5 Å². The molecule has 0 bridgehead atoms. The molecule has 0 spiro atoms. The number of carbonyl (C=O) groups is 2. The molecule has 0 saturated heterocycles. The molecule has 3 rings (SSSR count). The molecular weight excluding hydrogens is 346 g/mol. The lowest BCUT2D eigenvalue weighted by atomic mass is 10.1. The van der Waals surface area contributed by atoms with Crippen molar-refractivity contribution in [2.45, 2.75) is 12.5 Å². The van der Waals surface area contributed by atoms with E-state index in [4.69, 9.17) is 21.1 Å². The van der Waals surface area contributed by atoms with Crippen molar-refractivity contribution in [2.75, 3.05) is 19.0 Å². The van der Waals surface area contributed by atoms with Crippen LogP contribution in [0.5, 0.6) is 11.5 Å². The van der Waals surface area contributed by atoms with E-state index in [-0.39, 0.29) is 12.5 Å². The number of rotatable bonds is 5. The number of halogens is 1. The zero-order valence-electron chi connectivity index (χ0n) is 13.5. The summed E-state index contributed by atoms with van der Waals surface area (Å²) in [4.78, 5) is 23.4. The molecule has 2 aromatic carbocycles. The predicted octanol–water partition coefficient (Wildman–Crippen LogP) is 2.83. The van der Waals surface area contributed by atoms with E-state index >= 15 is 0 Å². The normalized spacial score (nSPS) is 15.0. The van der Waals surface area contributed by atoms with Gasteiger partial charge in [0, 0.05) is 17.1 Å². The zero-order valence-corrected chi connectivity index (χ0v) is 14.2. The van der Waals surface area contributed by atoms with E-state index < -0.39 is 12.1 Å². The van der Waals surface area contributed by atoms with Gasteiger partial charge < -0.3 is 19.5 Å². The number of anilines is 1. The van der Waals surface area contributed by atoms with Crippen LogP contribution in [0, 0.1) is 0 Å². The van der Waals surface area contributed by atoms with Gasteiger partial charge in [-0.1, -0.05) is 11.6 Å². The third kappa shape index (κ3) is 4.22. The minimum absolute atomic E-state index is 0.168. The van der Waals surface area contributed by atoms with Crippen LogP contribution in [0.2, 0.25) is 5.02 Å². The standard InChI is InChI=1S/C18H16ClNO5/c1-23-17(21)10-24-14-5-3-13(4-6-14)20-18(22)16-9-11-8-12(19)2-7-15(11)25-16/h2-8,16H,9-10H2,1H3,(H,20,22). The topological polar surface area (TPSA) is 73.9 Å². The van der Waals surface area contributed by atoms with Crippen molar-refractivity contribution >= 4 is 29.2 Å². The molecule has 25 heavy (non-hydrogen) atoms.